The Labute approximate surface area is 251 Å². The molecule has 0 amide bonds. The predicted molar refractivity (Wildman–Crippen MR) is 172 cm³/mol. The molecule has 0 spiro atoms. The molecule has 0 saturated heterocycles. The molecule has 0 heterocycles. The van der Waals surface area contributed by atoms with Crippen LogP contribution in [0, 0.1) is 11.8 Å². The molecule has 2 aromatic carbocycles. The molecule has 4 aliphatic carbocycles. The first-order chi connectivity index (χ1) is 20.5. The lowest BCUT2D eigenvalue weighted by Crippen LogP contribution is -2.24. The molecule has 0 radical (unpaired) electrons. The van der Waals surface area contributed by atoms with E-state index in [4.69, 9.17) is 0 Å². The number of anilines is 2. The number of carbonyl (C=O) groups excluding carboxylic acids is 2. The van der Waals surface area contributed by atoms with Crippen molar-refractivity contribution in [2.24, 2.45) is 11.8 Å². The molecular formula is C38H44N2O2. The first kappa shape index (κ1) is 28.5. The number of carbonyl (C=O) groups is 2. The summed E-state index contributed by atoms with van der Waals surface area (Å²) >= 11 is 0. The highest BCUT2D eigenvalue weighted by Gasteiger charge is 2.30. The molecule has 2 fully saturated rings. The van der Waals surface area contributed by atoms with Crippen molar-refractivity contribution in [1.82, 2.24) is 0 Å². The van der Waals surface area contributed by atoms with E-state index in [1.807, 2.05) is 0 Å². The lowest BCUT2D eigenvalue weighted by molar-refractivity contribution is -0.114. The van der Waals surface area contributed by atoms with Crippen LogP contribution < -0.4 is 10.6 Å². The zero-order valence-electron chi connectivity index (χ0n) is 25.1. The van der Waals surface area contributed by atoms with E-state index in [1.165, 1.54) is 75.3 Å². The second-order valence-electron chi connectivity index (χ2n) is 12.7. The highest BCUT2D eigenvalue weighted by Crippen LogP contribution is 2.39. The lowest BCUT2D eigenvalue weighted by atomic mass is 9.78. The Kier molecular flexibility index (Phi) is 8.60. The molecular weight excluding hydrogens is 516 g/mol. The van der Waals surface area contributed by atoms with Gasteiger partial charge in [0.15, 0.2) is 11.6 Å². The normalized spacial score (nSPS) is 26.0. The third-order valence-corrected chi connectivity index (χ3v) is 10.3. The highest BCUT2D eigenvalue weighted by molar-refractivity contribution is 6.23. The molecule has 2 N–H and O–H groups in total. The number of hydrogen-bond donors (Lipinski definition) is 2. The quantitative estimate of drug-likeness (QED) is 0.338. The van der Waals surface area contributed by atoms with Gasteiger partial charge >= 0.3 is 0 Å². The maximum absolute atomic E-state index is 13.1. The zero-order valence-corrected chi connectivity index (χ0v) is 25.1. The van der Waals surface area contributed by atoms with E-state index in [1.54, 1.807) is 24.3 Å². The summed E-state index contributed by atoms with van der Waals surface area (Å²) in [5.41, 5.74) is 6.80. The lowest BCUT2D eigenvalue weighted by Gasteiger charge is -2.28. The predicted octanol–water partition coefficient (Wildman–Crippen LogP) is 9.36. The first-order valence-electron chi connectivity index (χ1n) is 16.2. The topological polar surface area (TPSA) is 58.2 Å². The summed E-state index contributed by atoms with van der Waals surface area (Å²) in [5.74, 6) is 2.73. The standard InChI is InChI=1S/C38H44N2O2/c1-3-25-5-9-27(10-6-25)29-13-17-31(18-14-29)39-33-21-23-36(42)38-34(22-24-35(41)37(33)38)40-32-19-15-30(16-20-32)28-11-7-26(4-2)8-12-28/h13-28,39-40H,3-12H2,1-2H3. The molecule has 4 aliphatic rings. The smallest absolute Gasteiger partial charge is 0.188 e. The van der Waals surface area contributed by atoms with E-state index < -0.39 is 0 Å². The van der Waals surface area contributed by atoms with Gasteiger partial charge in [0, 0.05) is 11.4 Å². The van der Waals surface area contributed by atoms with Gasteiger partial charge in [-0.3, -0.25) is 9.59 Å². The van der Waals surface area contributed by atoms with Crippen LogP contribution in [0.25, 0.3) is 0 Å². The SMILES string of the molecule is CCC1CCC(c2ccc(NC3=C4C(=O)C=CC(Nc5ccc(C6CCC(CC)CC6)cc5)=C4C(=O)C=C3)cc2)CC1. The fourth-order valence-corrected chi connectivity index (χ4v) is 7.44. The second-order valence-corrected chi connectivity index (χ2v) is 12.7. The molecule has 0 atom stereocenters. The fraction of sp³-hybridized carbons (Fsp3) is 0.421. The Morgan fingerprint density at radius 3 is 1.21 bits per heavy atom. The van der Waals surface area contributed by atoms with E-state index in [9.17, 15) is 9.59 Å². The van der Waals surface area contributed by atoms with Crippen molar-refractivity contribution in [3.8, 4) is 0 Å². The number of benzene rings is 2. The number of rotatable bonds is 8. The van der Waals surface area contributed by atoms with E-state index >= 15 is 0 Å². The minimum absolute atomic E-state index is 0.155. The molecule has 42 heavy (non-hydrogen) atoms. The molecule has 0 bridgehead atoms. The summed E-state index contributed by atoms with van der Waals surface area (Å²) in [6, 6.07) is 17.3. The number of allylic oxidation sites excluding steroid dienone is 6. The average molecular weight is 561 g/mol. The van der Waals surface area contributed by atoms with E-state index in [-0.39, 0.29) is 11.6 Å². The molecule has 0 aliphatic heterocycles. The van der Waals surface area contributed by atoms with Gasteiger partial charge in [0.1, 0.15) is 0 Å². The first-order valence-corrected chi connectivity index (χ1v) is 16.2. The summed E-state index contributed by atoms with van der Waals surface area (Å²) in [4.78, 5) is 26.2. The molecule has 2 saturated carbocycles. The van der Waals surface area contributed by atoms with E-state index in [0.29, 0.717) is 34.4 Å². The molecule has 6 rings (SSSR count). The van der Waals surface area contributed by atoms with Crippen LogP contribution in [0.1, 0.15) is 101 Å². The molecule has 218 valence electrons. The van der Waals surface area contributed by atoms with Crippen LogP contribution in [-0.2, 0) is 9.59 Å². The fourth-order valence-electron chi connectivity index (χ4n) is 7.44. The number of fused-ring (bicyclic) bond motifs is 1. The molecule has 2 aromatic rings. The Morgan fingerprint density at radius 1 is 0.524 bits per heavy atom. The van der Waals surface area contributed by atoms with Crippen LogP contribution >= 0.6 is 0 Å². The van der Waals surface area contributed by atoms with Crippen molar-refractivity contribution in [2.75, 3.05) is 10.6 Å². The summed E-state index contributed by atoms with van der Waals surface area (Å²) in [6.45, 7) is 4.60. The van der Waals surface area contributed by atoms with Crippen LogP contribution in [0.15, 0.2) is 95.4 Å². The van der Waals surface area contributed by atoms with Gasteiger partial charge < -0.3 is 10.6 Å². The van der Waals surface area contributed by atoms with Gasteiger partial charge in [-0.25, -0.2) is 0 Å². The van der Waals surface area contributed by atoms with Gasteiger partial charge in [-0.2, -0.15) is 0 Å². The van der Waals surface area contributed by atoms with Crippen molar-refractivity contribution in [1.29, 1.82) is 0 Å². The third kappa shape index (κ3) is 6.09. The Hall–Kier alpha value is -3.66. The van der Waals surface area contributed by atoms with Gasteiger partial charge in [-0.1, -0.05) is 51.0 Å². The van der Waals surface area contributed by atoms with Crippen LogP contribution in [0.2, 0.25) is 0 Å². The minimum atomic E-state index is -0.155. The highest BCUT2D eigenvalue weighted by atomic mass is 16.1. The summed E-state index contributed by atoms with van der Waals surface area (Å²) in [7, 11) is 0. The Bertz CT molecular complexity index is 1310. The largest absolute Gasteiger partial charge is 0.355 e. The Balaban J connectivity index is 1.18. The monoisotopic (exact) mass is 560 g/mol. The maximum atomic E-state index is 13.1. The zero-order chi connectivity index (χ0) is 29.1. The third-order valence-electron chi connectivity index (χ3n) is 10.3. The molecule has 0 unspecified atom stereocenters. The molecule has 0 aromatic heterocycles. The van der Waals surface area contributed by atoms with Gasteiger partial charge in [-0.05, 0) is 135 Å². The van der Waals surface area contributed by atoms with Crippen LogP contribution in [0.3, 0.4) is 0 Å². The average Bonchev–Trinajstić information content (AvgIpc) is 3.04. The van der Waals surface area contributed by atoms with Crippen molar-refractivity contribution in [3.63, 3.8) is 0 Å². The van der Waals surface area contributed by atoms with Crippen molar-refractivity contribution >= 4 is 22.9 Å². The second kappa shape index (κ2) is 12.7. The van der Waals surface area contributed by atoms with Crippen molar-refractivity contribution < 1.29 is 9.59 Å². The maximum Gasteiger partial charge on any atom is 0.188 e. The minimum Gasteiger partial charge on any atom is -0.355 e. The van der Waals surface area contributed by atoms with Gasteiger partial charge in [0.2, 0.25) is 0 Å². The van der Waals surface area contributed by atoms with E-state index in [0.717, 1.165) is 23.2 Å². The summed E-state index contributed by atoms with van der Waals surface area (Å²) in [6.07, 6.45) is 19.5. The molecule has 4 heteroatoms. The van der Waals surface area contributed by atoms with Gasteiger partial charge in [0.25, 0.3) is 0 Å². The summed E-state index contributed by atoms with van der Waals surface area (Å²) < 4.78 is 0. The van der Waals surface area contributed by atoms with Crippen molar-refractivity contribution in [3.05, 3.63) is 107 Å². The van der Waals surface area contributed by atoms with E-state index in [2.05, 4.69) is 73.0 Å². The number of nitrogens with one attached hydrogen (secondary N) is 2. The number of hydrogen-bond acceptors (Lipinski definition) is 4. The molecule has 4 nitrogen and oxygen atoms in total. The summed E-state index contributed by atoms with van der Waals surface area (Å²) in [5, 5.41) is 6.87. The Morgan fingerprint density at radius 2 is 0.881 bits per heavy atom. The van der Waals surface area contributed by atoms with Gasteiger partial charge in [-0.15, -0.1) is 0 Å². The van der Waals surface area contributed by atoms with Crippen LogP contribution in [-0.4, -0.2) is 11.6 Å². The van der Waals surface area contributed by atoms with Gasteiger partial charge in [0.05, 0.1) is 22.5 Å². The number of ketones is 2. The van der Waals surface area contributed by atoms with Crippen molar-refractivity contribution in [2.45, 2.75) is 89.9 Å². The van der Waals surface area contributed by atoms with Crippen LogP contribution in [0.5, 0.6) is 0 Å². The van der Waals surface area contributed by atoms with Crippen LogP contribution in [0.4, 0.5) is 11.4 Å².